The minimum Gasteiger partial charge on any atom is -0.311 e. The molecule has 1 atom stereocenters. The Morgan fingerprint density at radius 3 is 2.80 bits per heavy atom. The SMILES string of the molecule is CNC(C)c1ncc(C)s1. The van der Waals surface area contributed by atoms with Gasteiger partial charge in [-0.1, -0.05) is 0 Å². The largest absolute Gasteiger partial charge is 0.311 e. The van der Waals surface area contributed by atoms with Gasteiger partial charge in [0.2, 0.25) is 0 Å². The number of aryl methyl sites for hydroxylation is 1. The van der Waals surface area contributed by atoms with Gasteiger partial charge in [-0.3, -0.25) is 0 Å². The lowest BCUT2D eigenvalue weighted by atomic mass is 10.4. The summed E-state index contributed by atoms with van der Waals surface area (Å²) in [6.07, 6.45) is 1.91. The van der Waals surface area contributed by atoms with Gasteiger partial charge < -0.3 is 5.32 Å². The summed E-state index contributed by atoms with van der Waals surface area (Å²) in [6.45, 7) is 4.18. The predicted molar refractivity (Wildman–Crippen MR) is 44.3 cm³/mol. The van der Waals surface area contributed by atoms with Gasteiger partial charge in [-0.15, -0.1) is 11.3 Å². The van der Waals surface area contributed by atoms with E-state index in [-0.39, 0.29) is 0 Å². The third-order valence-corrected chi connectivity index (χ3v) is 2.54. The first kappa shape index (κ1) is 7.69. The Morgan fingerprint density at radius 2 is 2.40 bits per heavy atom. The topological polar surface area (TPSA) is 24.9 Å². The van der Waals surface area contributed by atoms with E-state index in [9.17, 15) is 0 Å². The molecule has 0 saturated heterocycles. The Balaban J connectivity index is 2.74. The smallest absolute Gasteiger partial charge is 0.109 e. The molecule has 1 aromatic heterocycles. The summed E-state index contributed by atoms with van der Waals surface area (Å²) in [5, 5.41) is 4.31. The molecule has 0 spiro atoms. The van der Waals surface area contributed by atoms with Gasteiger partial charge in [0.1, 0.15) is 5.01 Å². The molecule has 56 valence electrons. The van der Waals surface area contributed by atoms with Gasteiger partial charge in [-0.25, -0.2) is 4.98 Å². The molecule has 0 aromatic carbocycles. The molecule has 2 nitrogen and oxygen atoms in total. The van der Waals surface area contributed by atoms with Crippen LogP contribution in [0.25, 0.3) is 0 Å². The highest BCUT2D eigenvalue weighted by Gasteiger charge is 2.04. The van der Waals surface area contributed by atoms with Crippen LogP contribution in [0.2, 0.25) is 0 Å². The molecule has 1 unspecified atom stereocenters. The van der Waals surface area contributed by atoms with Gasteiger partial charge in [0.25, 0.3) is 0 Å². The molecule has 0 radical (unpaired) electrons. The summed E-state index contributed by atoms with van der Waals surface area (Å²) < 4.78 is 0. The molecule has 0 fully saturated rings. The Bertz CT molecular complexity index is 207. The van der Waals surface area contributed by atoms with Crippen LogP contribution in [0.4, 0.5) is 0 Å². The van der Waals surface area contributed by atoms with Gasteiger partial charge in [0.15, 0.2) is 0 Å². The third kappa shape index (κ3) is 1.55. The predicted octanol–water partition coefficient (Wildman–Crippen LogP) is 1.73. The number of thiazole rings is 1. The summed E-state index contributed by atoms with van der Waals surface area (Å²) >= 11 is 1.75. The van der Waals surface area contributed by atoms with Gasteiger partial charge in [0, 0.05) is 11.1 Å². The van der Waals surface area contributed by atoms with Crippen LogP contribution in [0.5, 0.6) is 0 Å². The van der Waals surface area contributed by atoms with Crippen molar-refractivity contribution in [2.75, 3.05) is 7.05 Å². The molecule has 0 bridgehead atoms. The number of rotatable bonds is 2. The van der Waals surface area contributed by atoms with Crippen molar-refractivity contribution in [2.45, 2.75) is 19.9 Å². The van der Waals surface area contributed by atoms with Crippen LogP contribution in [0.1, 0.15) is 22.9 Å². The Kier molecular flexibility index (Phi) is 2.40. The second-order valence-corrected chi connectivity index (χ2v) is 3.59. The number of nitrogens with zero attached hydrogens (tertiary/aromatic N) is 1. The van der Waals surface area contributed by atoms with Crippen LogP contribution in [0, 0.1) is 6.92 Å². The van der Waals surface area contributed by atoms with E-state index in [1.807, 2.05) is 13.2 Å². The summed E-state index contributed by atoms with van der Waals surface area (Å²) in [5.41, 5.74) is 0. The first-order valence-electron chi connectivity index (χ1n) is 3.33. The number of aromatic nitrogens is 1. The van der Waals surface area contributed by atoms with E-state index < -0.39 is 0 Å². The van der Waals surface area contributed by atoms with E-state index in [4.69, 9.17) is 0 Å². The Morgan fingerprint density at radius 1 is 1.70 bits per heavy atom. The molecule has 1 N–H and O–H groups in total. The average Bonchev–Trinajstić information content (AvgIpc) is 2.34. The summed E-state index contributed by atoms with van der Waals surface area (Å²) in [4.78, 5) is 5.52. The lowest BCUT2D eigenvalue weighted by Crippen LogP contribution is -2.11. The molecule has 10 heavy (non-hydrogen) atoms. The molecule has 0 saturated carbocycles. The summed E-state index contributed by atoms with van der Waals surface area (Å²) in [6, 6.07) is 0.388. The zero-order chi connectivity index (χ0) is 7.56. The Hall–Kier alpha value is -0.410. The molecule has 1 aromatic rings. The van der Waals surface area contributed by atoms with Crippen molar-refractivity contribution in [3.63, 3.8) is 0 Å². The molecule has 0 aliphatic carbocycles. The van der Waals surface area contributed by atoms with Crippen molar-refractivity contribution in [3.8, 4) is 0 Å². The van der Waals surface area contributed by atoms with Crippen molar-refractivity contribution >= 4 is 11.3 Å². The molecule has 0 amide bonds. The maximum Gasteiger partial charge on any atom is 0.109 e. The zero-order valence-electron chi connectivity index (χ0n) is 6.51. The minimum absolute atomic E-state index is 0.388. The molecular weight excluding hydrogens is 144 g/mol. The van der Waals surface area contributed by atoms with E-state index >= 15 is 0 Å². The fourth-order valence-electron chi connectivity index (χ4n) is 0.696. The Labute approximate surface area is 65.3 Å². The first-order valence-corrected chi connectivity index (χ1v) is 4.15. The number of hydrogen-bond donors (Lipinski definition) is 1. The highest BCUT2D eigenvalue weighted by atomic mass is 32.1. The molecule has 1 heterocycles. The van der Waals surface area contributed by atoms with Crippen molar-refractivity contribution < 1.29 is 0 Å². The van der Waals surface area contributed by atoms with E-state index in [0.717, 1.165) is 0 Å². The maximum atomic E-state index is 4.24. The van der Waals surface area contributed by atoms with Crippen molar-refractivity contribution in [1.29, 1.82) is 0 Å². The van der Waals surface area contributed by atoms with Crippen LogP contribution in [-0.2, 0) is 0 Å². The molecule has 0 aliphatic rings. The third-order valence-electron chi connectivity index (χ3n) is 1.44. The van der Waals surface area contributed by atoms with Crippen LogP contribution in [-0.4, -0.2) is 12.0 Å². The van der Waals surface area contributed by atoms with E-state index in [1.165, 1.54) is 9.88 Å². The van der Waals surface area contributed by atoms with Crippen molar-refractivity contribution in [1.82, 2.24) is 10.3 Å². The maximum absolute atomic E-state index is 4.24. The highest BCUT2D eigenvalue weighted by molar-refractivity contribution is 7.11. The van der Waals surface area contributed by atoms with E-state index in [2.05, 4.69) is 24.1 Å². The lowest BCUT2D eigenvalue weighted by molar-refractivity contribution is 0.647. The second kappa shape index (κ2) is 3.12. The highest BCUT2D eigenvalue weighted by Crippen LogP contribution is 2.17. The lowest BCUT2D eigenvalue weighted by Gasteiger charge is -2.03. The molecule has 0 aliphatic heterocycles. The number of hydrogen-bond acceptors (Lipinski definition) is 3. The average molecular weight is 156 g/mol. The van der Waals surface area contributed by atoms with Gasteiger partial charge >= 0.3 is 0 Å². The monoisotopic (exact) mass is 156 g/mol. The zero-order valence-corrected chi connectivity index (χ0v) is 7.33. The van der Waals surface area contributed by atoms with Gasteiger partial charge in [-0.2, -0.15) is 0 Å². The van der Waals surface area contributed by atoms with Crippen LogP contribution in [0.3, 0.4) is 0 Å². The standard InChI is InChI=1S/C7H12N2S/c1-5-4-9-7(10-5)6(2)8-3/h4,6,8H,1-3H3. The summed E-state index contributed by atoms with van der Waals surface area (Å²) in [7, 11) is 1.95. The fourth-order valence-corrected chi connectivity index (χ4v) is 1.53. The quantitative estimate of drug-likeness (QED) is 0.705. The fraction of sp³-hybridized carbons (Fsp3) is 0.571. The van der Waals surface area contributed by atoms with Gasteiger partial charge in [-0.05, 0) is 20.9 Å². The summed E-state index contributed by atoms with van der Waals surface area (Å²) in [5.74, 6) is 0. The van der Waals surface area contributed by atoms with Crippen LogP contribution in [0.15, 0.2) is 6.20 Å². The number of nitrogens with one attached hydrogen (secondary N) is 1. The second-order valence-electron chi connectivity index (χ2n) is 2.32. The van der Waals surface area contributed by atoms with Crippen LogP contribution < -0.4 is 5.32 Å². The normalized spacial score (nSPS) is 13.5. The molecular formula is C7H12N2S. The van der Waals surface area contributed by atoms with Crippen molar-refractivity contribution in [2.24, 2.45) is 0 Å². The van der Waals surface area contributed by atoms with Gasteiger partial charge in [0.05, 0.1) is 6.04 Å². The molecule has 3 heteroatoms. The minimum atomic E-state index is 0.388. The first-order chi connectivity index (χ1) is 4.74. The van der Waals surface area contributed by atoms with E-state index in [1.54, 1.807) is 11.3 Å². The molecule has 1 rings (SSSR count). The van der Waals surface area contributed by atoms with E-state index in [0.29, 0.717) is 6.04 Å². The van der Waals surface area contributed by atoms with Crippen molar-refractivity contribution in [3.05, 3.63) is 16.1 Å². The van der Waals surface area contributed by atoms with Crippen LogP contribution >= 0.6 is 11.3 Å².